The molecule has 0 aromatic rings. The summed E-state index contributed by atoms with van der Waals surface area (Å²) in [4.78, 5) is 25.4. The van der Waals surface area contributed by atoms with E-state index in [0.29, 0.717) is 11.7 Å². The highest BCUT2D eigenvalue weighted by molar-refractivity contribution is 5.98. The first-order valence-electron chi connectivity index (χ1n) is 10.6. The van der Waals surface area contributed by atoms with Gasteiger partial charge in [-0.15, -0.1) is 0 Å². The van der Waals surface area contributed by atoms with E-state index in [9.17, 15) is 14.7 Å². The number of ketones is 1. The van der Waals surface area contributed by atoms with Gasteiger partial charge in [-0.05, 0) is 69.9 Å². The van der Waals surface area contributed by atoms with Crippen LogP contribution in [0.25, 0.3) is 0 Å². The SMILES string of the molecule is C/C1=C\[C@@H]2/C(=C(/C)CC[C@]3(C)C(=O)C=C(C(C)C)[C@H]3CC1)OC(=O)[C@H]2[C@H](C)O. The smallest absolute Gasteiger partial charge is 0.317 e. The third kappa shape index (κ3) is 3.52. The number of esters is 1. The average Bonchev–Trinajstić information content (AvgIpc) is 3.05. The van der Waals surface area contributed by atoms with Crippen molar-refractivity contribution < 1.29 is 19.4 Å². The topological polar surface area (TPSA) is 63.6 Å². The number of aliphatic hydroxyl groups excluding tert-OH is 1. The van der Waals surface area contributed by atoms with Crippen LogP contribution in [0, 0.1) is 29.1 Å². The number of aliphatic hydroxyl groups is 1. The zero-order valence-electron chi connectivity index (χ0n) is 18.0. The second-order valence-corrected chi connectivity index (χ2v) is 9.54. The molecule has 4 heteroatoms. The fourth-order valence-electron chi connectivity index (χ4n) is 5.24. The van der Waals surface area contributed by atoms with Crippen LogP contribution in [0.4, 0.5) is 0 Å². The highest BCUT2D eigenvalue weighted by atomic mass is 16.5. The zero-order chi connectivity index (χ0) is 20.8. The van der Waals surface area contributed by atoms with E-state index in [1.165, 1.54) is 11.1 Å². The van der Waals surface area contributed by atoms with Crippen molar-refractivity contribution >= 4 is 11.8 Å². The van der Waals surface area contributed by atoms with Crippen molar-refractivity contribution in [3.8, 4) is 0 Å². The summed E-state index contributed by atoms with van der Waals surface area (Å²) in [5, 5.41) is 10.2. The van der Waals surface area contributed by atoms with Crippen molar-refractivity contribution in [3.05, 3.63) is 34.6 Å². The fraction of sp³-hybridized carbons (Fsp3) is 0.667. The molecule has 0 aromatic heterocycles. The maximum Gasteiger partial charge on any atom is 0.317 e. The first-order chi connectivity index (χ1) is 13.1. The second-order valence-electron chi connectivity index (χ2n) is 9.54. The monoisotopic (exact) mass is 386 g/mol. The quantitative estimate of drug-likeness (QED) is 0.550. The number of carbonyl (C=O) groups excluding carboxylic acids is 2. The van der Waals surface area contributed by atoms with Gasteiger partial charge in [-0.3, -0.25) is 9.59 Å². The summed E-state index contributed by atoms with van der Waals surface area (Å²) < 4.78 is 5.64. The summed E-state index contributed by atoms with van der Waals surface area (Å²) in [5.74, 6) is 0.429. The molecule has 4 nitrogen and oxygen atoms in total. The number of hydrogen-bond donors (Lipinski definition) is 1. The molecule has 5 atom stereocenters. The molecule has 2 aliphatic carbocycles. The van der Waals surface area contributed by atoms with E-state index >= 15 is 0 Å². The molecular formula is C24H34O4. The summed E-state index contributed by atoms with van der Waals surface area (Å²) in [6.07, 6.45) is 6.53. The Hall–Kier alpha value is -1.68. The molecule has 0 spiro atoms. The lowest BCUT2D eigenvalue weighted by molar-refractivity contribution is -0.142. The molecule has 0 radical (unpaired) electrons. The van der Waals surface area contributed by atoms with Gasteiger partial charge in [-0.2, -0.15) is 0 Å². The molecule has 3 rings (SSSR count). The van der Waals surface area contributed by atoms with Gasteiger partial charge in [0.05, 0.1) is 17.9 Å². The van der Waals surface area contributed by atoms with E-state index in [0.717, 1.165) is 31.3 Å². The normalized spacial score (nSPS) is 39.5. The Morgan fingerprint density at radius 1 is 1.18 bits per heavy atom. The molecule has 154 valence electrons. The summed E-state index contributed by atoms with van der Waals surface area (Å²) in [7, 11) is 0. The molecule has 28 heavy (non-hydrogen) atoms. The molecule has 0 saturated carbocycles. The Balaban J connectivity index is 2.02. The first kappa shape index (κ1) is 21.0. The van der Waals surface area contributed by atoms with Crippen LogP contribution in [0.1, 0.15) is 67.2 Å². The highest BCUT2D eigenvalue weighted by Gasteiger charge is 2.48. The van der Waals surface area contributed by atoms with E-state index in [-0.39, 0.29) is 23.6 Å². The van der Waals surface area contributed by atoms with Crippen molar-refractivity contribution in [2.45, 2.75) is 73.3 Å². The van der Waals surface area contributed by atoms with Crippen LogP contribution in [0.15, 0.2) is 34.6 Å². The maximum atomic E-state index is 13.0. The van der Waals surface area contributed by atoms with Crippen LogP contribution in [-0.4, -0.2) is 23.0 Å². The van der Waals surface area contributed by atoms with E-state index in [2.05, 4.69) is 33.8 Å². The molecular weight excluding hydrogens is 352 g/mol. The molecule has 1 fully saturated rings. The Morgan fingerprint density at radius 3 is 2.46 bits per heavy atom. The number of ether oxygens (including phenoxy) is 1. The van der Waals surface area contributed by atoms with Crippen molar-refractivity contribution in [2.24, 2.45) is 29.1 Å². The highest BCUT2D eigenvalue weighted by Crippen LogP contribution is 2.50. The molecule has 3 aliphatic rings. The van der Waals surface area contributed by atoms with Gasteiger partial charge in [0.25, 0.3) is 0 Å². The summed E-state index contributed by atoms with van der Waals surface area (Å²) in [6.45, 7) is 12.2. The van der Waals surface area contributed by atoms with E-state index < -0.39 is 17.4 Å². The lowest BCUT2D eigenvalue weighted by Crippen LogP contribution is -2.32. The van der Waals surface area contributed by atoms with Gasteiger partial charge in [-0.25, -0.2) is 0 Å². The van der Waals surface area contributed by atoms with Crippen LogP contribution >= 0.6 is 0 Å². The molecule has 1 N–H and O–H groups in total. The lowest BCUT2D eigenvalue weighted by atomic mass is 9.69. The van der Waals surface area contributed by atoms with Gasteiger partial charge in [0.2, 0.25) is 0 Å². The van der Waals surface area contributed by atoms with Crippen molar-refractivity contribution in [1.29, 1.82) is 0 Å². The van der Waals surface area contributed by atoms with Crippen LogP contribution in [-0.2, 0) is 14.3 Å². The number of allylic oxidation sites excluding steroid dienone is 5. The Labute approximate surface area is 168 Å². The molecule has 1 heterocycles. The van der Waals surface area contributed by atoms with E-state index in [1.54, 1.807) is 6.92 Å². The van der Waals surface area contributed by atoms with E-state index in [1.807, 2.05) is 13.0 Å². The van der Waals surface area contributed by atoms with Crippen LogP contribution in [0.5, 0.6) is 0 Å². The largest absolute Gasteiger partial charge is 0.430 e. The minimum atomic E-state index is -0.758. The maximum absolute atomic E-state index is 13.0. The Bertz CT molecular complexity index is 767. The zero-order valence-corrected chi connectivity index (χ0v) is 18.0. The van der Waals surface area contributed by atoms with Gasteiger partial charge >= 0.3 is 5.97 Å². The predicted molar refractivity (Wildman–Crippen MR) is 109 cm³/mol. The molecule has 1 aliphatic heterocycles. The van der Waals surface area contributed by atoms with Crippen molar-refractivity contribution in [1.82, 2.24) is 0 Å². The van der Waals surface area contributed by atoms with Crippen molar-refractivity contribution in [2.75, 3.05) is 0 Å². The third-order valence-electron chi connectivity index (χ3n) is 7.12. The van der Waals surface area contributed by atoms with Gasteiger partial charge in [0, 0.05) is 5.41 Å². The standard InChI is InChI=1S/C24H34O4/c1-13(2)17-12-20(26)24(6)10-9-15(4)22-18(11-14(3)7-8-19(17)24)21(16(5)25)23(27)28-22/h11-13,16,18-19,21,25H,7-10H2,1-6H3/b14-11+,22-15+/t16-,18-,19+,21-,24-/m0/s1. The molecule has 0 unspecified atom stereocenters. The molecule has 1 saturated heterocycles. The second kappa shape index (κ2) is 7.62. The number of rotatable bonds is 2. The number of carbonyl (C=O) groups is 2. The van der Waals surface area contributed by atoms with Crippen LogP contribution < -0.4 is 0 Å². The first-order valence-corrected chi connectivity index (χ1v) is 10.6. The van der Waals surface area contributed by atoms with Gasteiger partial charge < -0.3 is 9.84 Å². The van der Waals surface area contributed by atoms with E-state index in [4.69, 9.17) is 4.74 Å². The molecule has 0 bridgehead atoms. The minimum absolute atomic E-state index is 0.214. The molecule has 0 aromatic carbocycles. The fourth-order valence-corrected chi connectivity index (χ4v) is 5.24. The van der Waals surface area contributed by atoms with Crippen LogP contribution in [0.3, 0.4) is 0 Å². The Kier molecular flexibility index (Phi) is 5.73. The van der Waals surface area contributed by atoms with Gasteiger partial charge in [0.1, 0.15) is 5.76 Å². The molecule has 0 amide bonds. The summed E-state index contributed by atoms with van der Waals surface area (Å²) in [6, 6.07) is 0. The Morgan fingerprint density at radius 2 is 1.86 bits per heavy atom. The summed E-state index contributed by atoms with van der Waals surface area (Å²) >= 11 is 0. The number of fused-ring (bicyclic) bond motifs is 2. The minimum Gasteiger partial charge on any atom is -0.430 e. The summed E-state index contributed by atoms with van der Waals surface area (Å²) in [5.41, 5.74) is 3.08. The average molecular weight is 387 g/mol. The lowest BCUT2D eigenvalue weighted by Gasteiger charge is -2.33. The third-order valence-corrected chi connectivity index (χ3v) is 7.12. The van der Waals surface area contributed by atoms with Gasteiger partial charge in [-0.1, -0.05) is 38.0 Å². The predicted octanol–water partition coefficient (Wildman–Crippen LogP) is 4.74. The van der Waals surface area contributed by atoms with Gasteiger partial charge in [0.15, 0.2) is 5.78 Å². The van der Waals surface area contributed by atoms with Crippen molar-refractivity contribution in [3.63, 3.8) is 0 Å². The number of hydrogen-bond acceptors (Lipinski definition) is 4. The van der Waals surface area contributed by atoms with Crippen LogP contribution in [0.2, 0.25) is 0 Å².